The number of rotatable bonds is 9. The molecule has 2 N–H and O–H groups in total. The molecule has 7 heteroatoms. The van der Waals surface area contributed by atoms with Crippen LogP contribution in [-0.4, -0.2) is 40.2 Å². The zero-order valence-corrected chi connectivity index (χ0v) is 14.2. The Balaban J connectivity index is 1.72. The Morgan fingerprint density at radius 1 is 1.04 bits per heavy atom. The second-order valence-corrected chi connectivity index (χ2v) is 6.96. The molecule has 2 aromatic rings. The summed E-state index contributed by atoms with van der Waals surface area (Å²) in [5, 5.41) is 3.02. The molecular weight excluding hydrogens is 328 g/mol. The average Bonchev–Trinajstić information content (AvgIpc) is 2.54. The Morgan fingerprint density at radius 3 is 2.33 bits per heavy atom. The lowest BCUT2D eigenvalue weighted by atomic mass is 10.1. The van der Waals surface area contributed by atoms with Gasteiger partial charge in [-0.1, -0.05) is 18.2 Å². The highest BCUT2D eigenvalue weighted by molar-refractivity contribution is 7.92. The molecule has 128 valence electrons. The van der Waals surface area contributed by atoms with E-state index in [1.165, 1.54) is 0 Å². The van der Waals surface area contributed by atoms with Crippen LogP contribution in [0.1, 0.15) is 10.4 Å². The van der Waals surface area contributed by atoms with Crippen LogP contribution in [0.2, 0.25) is 0 Å². The molecular formula is C17H20N2O4S. The maximum absolute atomic E-state index is 12.0. The standard InChI is InChI=1S/C17H20N2O4S/c1-24(21,22)19-15-9-7-14(8-10-15)17(20)13-18-11-12-23-16-5-3-2-4-6-16/h2-10,18-19H,11-13H2,1H3. The van der Waals surface area contributed by atoms with Gasteiger partial charge >= 0.3 is 0 Å². The molecule has 0 heterocycles. The molecule has 2 aromatic carbocycles. The average molecular weight is 348 g/mol. The first-order valence-corrected chi connectivity index (χ1v) is 9.33. The molecule has 6 nitrogen and oxygen atoms in total. The van der Waals surface area contributed by atoms with Crippen LogP contribution in [0.3, 0.4) is 0 Å². The second-order valence-electron chi connectivity index (χ2n) is 5.21. The third-order valence-electron chi connectivity index (χ3n) is 3.09. The van der Waals surface area contributed by atoms with Gasteiger partial charge in [-0.2, -0.15) is 0 Å². The summed E-state index contributed by atoms with van der Waals surface area (Å²) in [5.74, 6) is 0.722. The molecule has 24 heavy (non-hydrogen) atoms. The van der Waals surface area contributed by atoms with Crippen LogP contribution in [0.4, 0.5) is 5.69 Å². The summed E-state index contributed by atoms with van der Waals surface area (Å²) in [6.45, 7) is 1.21. The van der Waals surface area contributed by atoms with Gasteiger partial charge in [0.2, 0.25) is 10.0 Å². The van der Waals surface area contributed by atoms with Gasteiger partial charge in [0.05, 0.1) is 12.8 Å². The van der Waals surface area contributed by atoms with E-state index >= 15 is 0 Å². The molecule has 0 fully saturated rings. The summed E-state index contributed by atoms with van der Waals surface area (Å²) in [5.41, 5.74) is 0.948. The lowest BCUT2D eigenvalue weighted by Crippen LogP contribution is -2.27. The van der Waals surface area contributed by atoms with Gasteiger partial charge < -0.3 is 10.1 Å². The van der Waals surface area contributed by atoms with Gasteiger partial charge in [0, 0.05) is 17.8 Å². The number of para-hydroxylation sites is 1. The van der Waals surface area contributed by atoms with Crippen molar-refractivity contribution in [3.63, 3.8) is 0 Å². The van der Waals surface area contributed by atoms with E-state index < -0.39 is 10.0 Å². The monoisotopic (exact) mass is 348 g/mol. The zero-order chi connectivity index (χ0) is 17.4. The smallest absolute Gasteiger partial charge is 0.229 e. The first kappa shape index (κ1) is 18.0. The maximum Gasteiger partial charge on any atom is 0.229 e. The number of Topliss-reactive ketones (excluding diaryl/α,β-unsaturated/α-hetero) is 1. The first-order chi connectivity index (χ1) is 11.4. The third-order valence-corrected chi connectivity index (χ3v) is 3.69. The predicted molar refractivity (Wildman–Crippen MR) is 94.0 cm³/mol. The summed E-state index contributed by atoms with van der Waals surface area (Å²) < 4.78 is 30.1. The van der Waals surface area contributed by atoms with Gasteiger partial charge in [0.15, 0.2) is 5.78 Å². The second kappa shape index (κ2) is 8.47. The quantitative estimate of drug-likeness (QED) is 0.534. The van der Waals surface area contributed by atoms with E-state index in [9.17, 15) is 13.2 Å². The van der Waals surface area contributed by atoms with Crippen molar-refractivity contribution in [2.45, 2.75) is 0 Å². The van der Waals surface area contributed by atoms with Gasteiger partial charge in [-0.15, -0.1) is 0 Å². The van der Waals surface area contributed by atoms with Crippen LogP contribution < -0.4 is 14.8 Å². The van der Waals surface area contributed by atoms with Crippen LogP contribution in [0.25, 0.3) is 0 Å². The van der Waals surface area contributed by atoms with Crippen LogP contribution >= 0.6 is 0 Å². The lowest BCUT2D eigenvalue weighted by molar-refractivity contribution is 0.0990. The van der Waals surface area contributed by atoms with Crippen molar-refractivity contribution in [3.05, 3.63) is 60.2 Å². The van der Waals surface area contributed by atoms with Crippen LogP contribution in [0.5, 0.6) is 5.75 Å². The predicted octanol–water partition coefficient (Wildman–Crippen LogP) is 1.91. The van der Waals surface area contributed by atoms with Crippen molar-refractivity contribution in [3.8, 4) is 5.75 Å². The number of nitrogens with one attached hydrogen (secondary N) is 2. The fourth-order valence-electron chi connectivity index (χ4n) is 2.00. The number of hydrogen-bond acceptors (Lipinski definition) is 5. The summed E-state index contributed by atoms with van der Waals surface area (Å²) >= 11 is 0. The van der Waals surface area contributed by atoms with Crippen LogP contribution in [0.15, 0.2) is 54.6 Å². The van der Waals surface area contributed by atoms with E-state index in [0.29, 0.717) is 24.4 Å². The fraction of sp³-hybridized carbons (Fsp3) is 0.235. The van der Waals surface area contributed by atoms with Crippen molar-refractivity contribution in [2.24, 2.45) is 0 Å². The van der Waals surface area contributed by atoms with E-state index in [2.05, 4.69) is 10.0 Å². The van der Waals surface area contributed by atoms with Gasteiger partial charge in [-0.3, -0.25) is 9.52 Å². The van der Waals surface area contributed by atoms with Crippen LogP contribution in [-0.2, 0) is 10.0 Å². The molecule has 0 spiro atoms. The number of carbonyl (C=O) groups excluding carboxylic acids is 1. The molecule has 0 unspecified atom stereocenters. The van der Waals surface area contributed by atoms with Gasteiger partial charge in [0.1, 0.15) is 12.4 Å². The topological polar surface area (TPSA) is 84.5 Å². The van der Waals surface area contributed by atoms with E-state index in [1.54, 1.807) is 24.3 Å². The lowest BCUT2D eigenvalue weighted by Gasteiger charge is -2.08. The summed E-state index contributed by atoms with van der Waals surface area (Å²) in [6, 6.07) is 15.8. The fourth-order valence-corrected chi connectivity index (χ4v) is 2.56. The number of hydrogen-bond donors (Lipinski definition) is 2. The normalized spacial score (nSPS) is 11.0. The van der Waals surface area contributed by atoms with Crippen LogP contribution in [0, 0.1) is 0 Å². The number of ether oxygens (including phenoxy) is 1. The molecule has 0 aromatic heterocycles. The van der Waals surface area contributed by atoms with E-state index in [0.717, 1.165) is 12.0 Å². The van der Waals surface area contributed by atoms with Crippen molar-refractivity contribution in [1.82, 2.24) is 5.32 Å². The zero-order valence-electron chi connectivity index (χ0n) is 13.4. The highest BCUT2D eigenvalue weighted by Crippen LogP contribution is 2.11. The molecule has 0 amide bonds. The van der Waals surface area contributed by atoms with Crippen molar-refractivity contribution in [2.75, 3.05) is 30.7 Å². The Morgan fingerprint density at radius 2 is 1.71 bits per heavy atom. The largest absolute Gasteiger partial charge is 0.492 e. The highest BCUT2D eigenvalue weighted by Gasteiger charge is 2.07. The number of sulfonamides is 1. The molecule has 0 atom stereocenters. The van der Waals surface area contributed by atoms with E-state index in [1.807, 2.05) is 30.3 Å². The molecule has 0 radical (unpaired) electrons. The van der Waals surface area contributed by atoms with Gasteiger partial charge in [0.25, 0.3) is 0 Å². The molecule has 0 aliphatic carbocycles. The van der Waals surface area contributed by atoms with Crippen molar-refractivity contribution >= 4 is 21.5 Å². The van der Waals surface area contributed by atoms with E-state index in [4.69, 9.17) is 4.74 Å². The highest BCUT2D eigenvalue weighted by atomic mass is 32.2. The molecule has 0 aliphatic rings. The minimum Gasteiger partial charge on any atom is -0.492 e. The minimum absolute atomic E-state index is 0.0689. The Kier molecular flexibility index (Phi) is 6.34. The van der Waals surface area contributed by atoms with E-state index in [-0.39, 0.29) is 12.3 Å². The number of benzene rings is 2. The Bertz CT molecular complexity index is 759. The molecule has 0 saturated carbocycles. The van der Waals surface area contributed by atoms with Gasteiger partial charge in [-0.05, 0) is 36.4 Å². The van der Waals surface area contributed by atoms with Crippen molar-refractivity contribution < 1.29 is 17.9 Å². The minimum atomic E-state index is -3.31. The summed E-state index contributed by atoms with van der Waals surface area (Å²) in [6.07, 6.45) is 1.08. The molecule has 0 saturated heterocycles. The molecule has 2 rings (SSSR count). The van der Waals surface area contributed by atoms with Gasteiger partial charge in [-0.25, -0.2) is 8.42 Å². The summed E-state index contributed by atoms with van der Waals surface area (Å²) in [7, 11) is -3.31. The maximum atomic E-state index is 12.0. The third kappa shape index (κ3) is 6.39. The molecule has 0 bridgehead atoms. The molecule has 0 aliphatic heterocycles. The number of ketones is 1. The SMILES string of the molecule is CS(=O)(=O)Nc1ccc(C(=O)CNCCOc2ccccc2)cc1. The first-order valence-electron chi connectivity index (χ1n) is 7.44. The Hall–Kier alpha value is -2.38. The number of anilines is 1. The van der Waals surface area contributed by atoms with Crippen molar-refractivity contribution in [1.29, 1.82) is 0 Å². The Labute approximate surface area is 141 Å². The summed E-state index contributed by atoms with van der Waals surface area (Å²) in [4.78, 5) is 12.0. The number of carbonyl (C=O) groups is 1.